The molecule has 0 saturated heterocycles. The monoisotopic (exact) mass is 202 g/mol. The third kappa shape index (κ3) is 1.90. The highest BCUT2D eigenvalue weighted by Gasteiger charge is 2.13. The summed E-state index contributed by atoms with van der Waals surface area (Å²) in [6.07, 6.45) is 0. The van der Waals surface area contributed by atoms with Gasteiger partial charge in [-0.1, -0.05) is 0 Å². The van der Waals surface area contributed by atoms with Gasteiger partial charge in [0.2, 0.25) is 0 Å². The van der Waals surface area contributed by atoms with Crippen LogP contribution in [-0.4, -0.2) is 15.5 Å². The van der Waals surface area contributed by atoms with Crippen molar-refractivity contribution in [2.75, 3.05) is 18.6 Å². The number of hydrogen-bond donors (Lipinski definition) is 2. The van der Waals surface area contributed by atoms with E-state index in [0.29, 0.717) is 5.69 Å². The fraction of sp³-hybridized carbons (Fsp3) is 0.143. The molecule has 6 heteroatoms. The summed E-state index contributed by atoms with van der Waals surface area (Å²) < 4.78 is 26.6. The summed E-state index contributed by atoms with van der Waals surface area (Å²) in [5.74, 6) is 0. The molecule has 1 aromatic carbocycles. The Morgan fingerprint density at radius 1 is 1.23 bits per heavy atom. The molecular weight excluding hydrogens is 192 g/mol. The average molecular weight is 202 g/mol. The van der Waals surface area contributed by atoms with Gasteiger partial charge in [-0.2, -0.15) is 8.42 Å². The minimum atomic E-state index is -3.67. The van der Waals surface area contributed by atoms with Crippen molar-refractivity contribution in [2.24, 2.45) is 0 Å². The van der Waals surface area contributed by atoms with E-state index in [9.17, 15) is 8.42 Å². The van der Waals surface area contributed by atoms with Crippen LogP contribution in [0.1, 0.15) is 0 Å². The van der Waals surface area contributed by atoms with Crippen molar-refractivity contribution in [1.29, 1.82) is 0 Å². The standard InChI is InChI=1S/C7H10N2O3S/c1-12-13(10,11)5-2-3-6(8)7(9)4-5/h2-4H,8-9H2,1H3. The Morgan fingerprint density at radius 2 is 1.85 bits per heavy atom. The SMILES string of the molecule is COS(=O)(=O)c1ccc(N)c(N)c1. The summed E-state index contributed by atoms with van der Waals surface area (Å²) in [7, 11) is -2.59. The molecule has 0 spiro atoms. The van der Waals surface area contributed by atoms with Gasteiger partial charge in [-0.3, -0.25) is 4.18 Å². The molecule has 1 rings (SSSR count). The van der Waals surface area contributed by atoms with Gasteiger partial charge in [0.1, 0.15) is 0 Å². The zero-order chi connectivity index (χ0) is 10.1. The Kier molecular flexibility index (Phi) is 2.44. The van der Waals surface area contributed by atoms with Crippen molar-refractivity contribution >= 4 is 21.5 Å². The zero-order valence-corrected chi connectivity index (χ0v) is 7.84. The van der Waals surface area contributed by atoms with Crippen LogP contribution in [0.25, 0.3) is 0 Å². The largest absolute Gasteiger partial charge is 0.397 e. The van der Waals surface area contributed by atoms with Gasteiger partial charge in [-0.25, -0.2) is 0 Å². The molecule has 13 heavy (non-hydrogen) atoms. The highest BCUT2D eigenvalue weighted by Crippen LogP contribution is 2.20. The lowest BCUT2D eigenvalue weighted by Crippen LogP contribution is -2.04. The summed E-state index contributed by atoms with van der Waals surface area (Å²) in [5, 5.41) is 0. The molecule has 4 N–H and O–H groups in total. The third-order valence-corrected chi connectivity index (χ3v) is 2.84. The molecule has 0 amide bonds. The van der Waals surface area contributed by atoms with Crippen LogP contribution in [0.15, 0.2) is 23.1 Å². The second-order valence-electron chi connectivity index (χ2n) is 2.41. The summed E-state index contributed by atoms with van der Waals surface area (Å²) in [4.78, 5) is 0.00157. The summed E-state index contributed by atoms with van der Waals surface area (Å²) in [6, 6.07) is 4.01. The predicted octanol–water partition coefficient (Wildman–Crippen LogP) is 0.186. The predicted molar refractivity (Wildman–Crippen MR) is 49.5 cm³/mol. The number of anilines is 2. The molecule has 0 unspecified atom stereocenters. The van der Waals surface area contributed by atoms with Crippen LogP contribution in [0.5, 0.6) is 0 Å². The Labute approximate surface area is 76.4 Å². The van der Waals surface area contributed by atoms with Crippen LogP contribution in [0.2, 0.25) is 0 Å². The smallest absolute Gasteiger partial charge is 0.296 e. The number of benzene rings is 1. The summed E-state index contributed by atoms with van der Waals surface area (Å²) in [5.41, 5.74) is 11.4. The molecular formula is C7H10N2O3S. The first-order valence-electron chi connectivity index (χ1n) is 3.43. The number of rotatable bonds is 2. The van der Waals surface area contributed by atoms with Gasteiger partial charge in [0, 0.05) is 0 Å². The number of nitrogens with two attached hydrogens (primary N) is 2. The van der Waals surface area contributed by atoms with Crippen LogP contribution in [0.4, 0.5) is 11.4 Å². The first-order valence-corrected chi connectivity index (χ1v) is 4.84. The van der Waals surface area contributed by atoms with Gasteiger partial charge >= 0.3 is 0 Å². The lowest BCUT2D eigenvalue weighted by Gasteiger charge is -2.03. The molecule has 0 radical (unpaired) electrons. The van der Waals surface area contributed by atoms with E-state index in [-0.39, 0.29) is 10.6 Å². The fourth-order valence-electron chi connectivity index (χ4n) is 0.805. The lowest BCUT2D eigenvalue weighted by atomic mass is 10.3. The van der Waals surface area contributed by atoms with Gasteiger partial charge in [0.05, 0.1) is 23.4 Å². The van der Waals surface area contributed by atoms with Crippen molar-refractivity contribution in [3.8, 4) is 0 Å². The van der Waals surface area contributed by atoms with Crippen molar-refractivity contribution in [2.45, 2.75) is 4.90 Å². The molecule has 0 aliphatic carbocycles. The van der Waals surface area contributed by atoms with Gasteiger partial charge in [-0.05, 0) is 18.2 Å². The van der Waals surface area contributed by atoms with E-state index < -0.39 is 10.1 Å². The van der Waals surface area contributed by atoms with E-state index >= 15 is 0 Å². The maximum absolute atomic E-state index is 11.1. The maximum atomic E-state index is 11.1. The first-order chi connectivity index (χ1) is 5.97. The Morgan fingerprint density at radius 3 is 2.31 bits per heavy atom. The molecule has 0 aliphatic heterocycles. The Hall–Kier alpha value is -1.27. The topological polar surface area (TPSA) is 95.4 Å². The van der Waals surface area contributed by atoms with Gasteiger partial charge in [-0.15, -0.1) is 0 Å². The summed E-state index contributed by atoms with van der Waals surface area (Å²) in [6.45, 7) is 0. The number of hydrogen-bond acceptors (Lipinski definition) is 5. The van der Waals surface area contributed by atoms with Crippen LogP contribution in [0.3, 0.4) is 0 Å². The minimum Gasteiger partial charge on any atom is -0.397 e. The third-order valence-electron chi connectivity index (χ3n) is 1.57. The maximum Gasteiger partial charge on any atom is 0.296 e. The molecule has 1 aromatic rings. The first kappa shape index (κ1) is 9.82. The van der Waals surface area contributed by atoms with E-state index in [1.54, 1.807) is 0 Å². The minimum absolute atomic E-state index is 0.00157. The Balaban J connectivity index is 3.27. The second kappa shape index (κ2) is 3.23. The van der Waals surface area contributed by atoms with Crippen LogP contribution >= 0.6 is 0 Å². The van der Waals surface area contributed by atoms with Gasteiger partial charge in [0.25, 0.3) is 10.1 Å². The fourth-order valence-corrected chi connectivity index (χ4v) is 1.50. The average Bonchev–Trinajstić information content (AvgIpc) is 2.09. The molecule has 0 saturated carbocycles. The van der Waals surface area contributed by atoms with E-state index in [1.165, 1.54) is 18.2 Å². The molecule has 0 aliphatic rings. The molecule has 0 heterocycles. The van der Waals surface area contributed by atoms with Crippen LogP contribution < -0.4 is 11.5 Å². The zero-order valence-electron chi connectivity index (χ0n) is 7.02. The van der Waals surface area contributed by atoms with Crippen molar-refractivity contribution in [3.63, 3.8) is 0 Å². The van der Waals surface area contributed by atoms with Gasteiger partial charge in [0.15, 0.2) is 0 Å². The van der Waals surface area contributed by atoms with E-state index in [2.05, 4.69) is 4.18 Å². The van der Waals surface area contributed by atoms with Crippen molar-refractivity contribution < 1.29 is 12.6 Å². The summed E-state index contributed by atoms with van der Waals surface area (Å²) >= 11 is 0. The van der Waals surface area contributed by atoms with Crippen molar-refractivity contribution in [3.05, 3.63) is 18.2 Å². The normalized spacial score (nSPS) is 11.5. The number of nitrogen functional groups attached to an aromatic ring is 2. The highest BCUT2D eigenvalue weighted by molar-refractivity contribution is 7.86. The Bertz CT molecular complexity index is 414. The van der Waals surface area contributed by atoms with E-state index in [4.69, 9.17) is 11.5 Å². The molecule has 0 fully saturated rings. The second-order valence-corrected chi connectivity index (χ2v) is 4.12. The molecule has 72 valence electrons. The lowest BCUT2D eigenvalue weighted by molar-refractivity contribution is 0.398. The quantitative estimate of drug-likeness (QED) is 0.527. The van der Waals surface area contributed by atoms with E-state index in [1.807, 2.05) is 0 Å². The molecule has 5 nitrogen and oxygen atoms in total. The molecule has 0 atom stereocenters. The van der Waals surface area contributed by atoms with E-state index in [0.717, 1.165) is 7.11 Å². The van der Waals surface area contributed by atoms with Crippen LogP contribution in [-0.2, 0) is 14.3 Å². The molecule has 0 bridgehead atoms. The van der Waals surface area contributed by atoms with Crippen molar-refractivity contribution in [1.82, 2.24) is 0 Å². The van der Waals surface area contributed by atoms with Gasteiger partial charge < -0.3 is 11.5 Å². The highest BCUT2D eigenvalue weighted by atomic mass is 32.2. The molecule has 0 aromatic heterocycles. The van der Waals surface area contributed by atoms with Crippen LogP contribution in [0, 0.1) is 0 Å².